The third kappa shape index (κ3) is 4.24. The van der Waals surface area contributed by atoms with Crippen LogP contribution < -0.4 is 9.64 Å². The van der Waals surface area contributed by atoms with E-state index in [2.05, 4.69) is 66.9 Å². The number of methoxy groups -OCH3 is 1. The predicted molar refractivity (Wildman–Crippen MR) is 124 cm³/mol. The first-order valence-corrected chi connectivity index (χ1v) is 11.6. The normalized spacial score (nSPS) is 18.2. The Labute approximate surface area is 183 Å². The van der Waals surface area contributed by atoms with Crippen molar-refractivity contribution in [3.8, 4) is 5.75 Å². The van der Waals surface area contributed by atoms with Gasteiger partial charge in [-0.1, -0.05) is 42.5 Å². The number of benzene rings is 3. The lowest BCUT2D eigenvalue weighted by molar-refractivity contribution is -0.130. The second-order valence-corrected chi connectivity index (χ2v) is 8.49. The molecule has 1 saturated heterocycles. The minimum absolute atomic E-state index is 0.0160. The molecular weight excluding hydrogens is 390 g/mol. The first-order valence-electron chi connectivity index (χ1n) is 10.4. The van der Waals surface area contributed by atoms with Gasteiger partial charge in [0.05, 0.1) is 19.1 Å². The Kier molecular flexibility index (Phi) is 6.44. The summed E-state index contributed by atoms with van der Waals surface area (Å²) in [5, 5.41) is 0. The number of rotatable bonds is 8. The molecule has 3 aromatic carbocycles. The maximum absolute atomic E-state index is 13.2. The lowest BCUT2D eigenvalue weighted by Gasteiger charge is -2.47. The summed E-state index contributed by atoms with van der Waals surface area (Å²) >= 11 is 1.71. The highest BCUT2D eigenvalue weighted by Gasteiger charge is 2.48. The van der Waals surface area contributed by atoms with Crippen molar-refractivity contribution < 1.29 is 9.53 Å². The van der Waals surface area contributed by atoms with Gasteiger partial charge in [0.2, 0.25) is 5.91 Å². The molecule has 4 rings (SSSR count). The first kappa shape index (κ1) is 20.5. The number of thioether (sulfide) groups is 1. The molecule has 0 radical (unpaired) electrons. The van der Waals surface area contributed by atoms with Crippen molar-refractivity contribution in [1.29, 1.82) is 0 Å². The summed E-state index contributed by atoms with van der Waals surface area (Å²) in [4.78, 5) is 16.3. The van der Waals surface area contributed by atoms with Crippen LogP contribution in [0.3, 0.4) is 0 Å². The van der Waals surface area contributed by atoms with Crippen molar-refractivity contribution in [2.45, 2.75) is 30.2 Å². The summed E-state index contributed by atoms with van der Waals surface area (Å²) in [6, 6.07) is 27.0. The Hall–Kier alpha value is -2.72. The van der Waals surface area contributed by atoms with Crippen molar-refractivity contribution in [2.75, 3.05) is 18.3 Å². The summed E-state index contributed by atoms with van der Waals surface area (Å²) in [6.07, 6.45) is 4.96. The van der Waals surface area contributed by atoms with E-state index in [1.165, 1.54) is 10.5 Å². The number of aryl methyl sites for hydroxylation is 1. The first-order chi connectivity index (χ1) is 14.7. The van der Waals surface area contributed by atoms with Gasteiger partial charge < -0.3 is 9.64 Å². The van der Waals surface area contributed by atoms with Gasteiger partial charge in [0.15, 0.2) is 0 Å². The number of hydrogen-bond donors (Lipinski definition) is 0. The van der Waals surface area contributed by atoms with Crippen molar-refractivity contribution >= 4 is 23.4 Å². The van der Waals surface area contributed by atoms with E-state index >= 15 is 0 Å². The molecule has 0 aliphatic carbocycles. The maximum atomic E-state index is 13.2. The topological polar surface area (TPSA) is 29.5 Å². The molecule has 0 N–H and O–H groups in total. The van der Waals surface area contributed by atoms with Gasteiger partial charge in [-0.15, -0.1) is 11.8 Å². The van der Waals surface area contributed by atoms with Crippen LogP contribution in [-0.2, 0) is 11.2 Å². The van der Waals surface area contributed by atoms with Crippen LogP contribution in [0.15, 0.2) is 83.8 Å². The van der Waals surface area contributed by atoms with Gasteiger partial charge in [-0.25, -0.2) is 0 Å². The van der Waals surface area contributed by atoms with Gasteiger partial charge >= 0.3 is 0 Å². The van der Waals surface area contributed by atoms with Crippen LogP contribution in [-0.4, -0.2) is 19.3 Å². The lowest BCUT2D eigenvalue weighted by Crippen LogP contribution is -2.55. The largest absolute Gasteiger partial charge is 0.497 e. The highest BCUT2D eigenvalue weighted by Crippen LogP contribution is 2.46. The standard InChI is InChI=1S/C26H27NO2S/c1-29-22-15-11-20(12-16-22)25-24(10-6-9-19-7-4-3-5-8-19)26(28)27(25)21-13-17-23(30-2)18-14-21/h3-5,7-8,11-18,24-25H,6,9-10H2,1-2H3/t24-,25-/m1/s1. The molecule has 30 heavy (non-hydrogen) atoms. The number of carbonyl (C=O) groups is 1. The Morgan fingerprint density at radius 2 is 1.63 bits per heavy atom. The second kappa shape index (κ2) is 9.40. The summed E-state index contributed by atoms with van der Waals surface area (Å²) < 4.78 is 5.32. The van der Waals surface area contributed by atoms with Crippen LogP contribution in [0.5, 0.6) is 5.75 Å². The van der Waals surface area contributed by atoms with Crippen LogP contribution in [0.4, 0.5) is 5.69 Å². The average Bonchev–Trinajstić information content (AvgIpc) is 2.81. The number of nitrogens with zero attached hydrogens (tertiary/aromatic N) is 1. The minimum atomic E-state index is 0.0160. The molecule has 0 spiro atoms. The van der Waals surface area contributed by atoms with Crippen LogP contribution in [0.2, 0.25) is 0 Å². The van der Waals surface area contributed by atoms with Gasteiger partial charge in [0.1, 0.15) is 5.75 Å². The zero-order valence-corrected chi connectivity index (χ0v) is 18.3. The Morgan fingerprint density at radius 3 is 2.27 bits per heavy atom. The van der Waals surface area contributed by atoms with Gasteiger partial charge in [-0.05, 0) is 73.0 Å². The summed E-state index contributed by atoms with van der Waals surface area (Å²) in [7, 11) is 1.67. The summed E-state index contributed by atoms with van der Waals surface area (Å²) in [5.74, 6) is 1.07. The van der Waals surface area contributed by atoms with Gasteiger partial charge in [0.25, 0.3) is 0 Å². The van der Waals surface area contributed by atoms with Gasteiger partial charge in [-0.3, -0.25) is 4.79 Å². The Bertz CT molecular complexity index is 970. The van der Waals surface area contributed by atoms with E-state index in [-0.39, 0.29) is 17.9 Å². The number of ether oxygens (including phenoxy) is 1. The molecule has 2 atom stereocenters. The van der Waals surface area contributed by atoms with E-state index in [1.54, 1.807) is 18.9 Å². The van der Waals surface area contributed by atoms with Gasteiger partial charge in [-0.2, -0.15) is 0 Å². The molecule has 0 unspecified atom stereocenters. The number of carbonyl (C=O) groups excluding carboxylic acids is 1. The summed E-state index contributed by atoms with van der Waals surface area (Å²) in [6.45, 7) is 0. The molecule has 0 saturated carbocycles. The van der Waals surface area contributed by atoms with E-state index < -0.39 is 0 Å². The predicted octanol–water partition coefficient (Wildman–Crippen LogP) is 6.14. The molecule has 1 aliphatic heterocycles. The molecule has 1 fully saturated rings. The lowest BCUT2D eigenvalue weighted by atomic mass is 9.78. The molecule has 0 bridgehead atoms. The van der Waals surface area contributed by atoms with Crippen LogP contribution >= 0.6 is 11.8 Å². The van der Waals surface area contributed by atoms with E-state index in [0.29, 0.717) is 0 Å². The minimum Gasteiger partial charge on any atom is -0.497 e. The average molecular weight is 418 g/mol. The van der Waals surface area contributed by atoms with Gasteiger partial charge in [0, 0.05) is 10.6 Å². The fourth-order valence-electron chi connectivity index (χ4n) is 4.21. The quantitative estimate of drug-likeness (QED) is 0.325. The molecule has 1 heterocycles. The highest BCUT2D eigenvalue weighted by atomic mass is 32.2. The van der Waals surface area contributed by atoms with Crippen molar-refractivity contribution in [2.24, 2.45) is 5.92 Å². The SMILES string of the molecule is COc1ccc([C@@H]2[C@@H](CCCc3ccccc3)C(=O)N2c2ccc(SC)cc2)cc1. The zero-order chi connectivity index (χ0) is 20.9. The monoisotopic (exact) mass is 417 g/mol. The van der Waals surface area contributed by atoms with E-state index in [4.69, 9.17) is 4.74 Å². The number of amides is 1. The fraction of sp³-hybridized carbons (Fsp3) is 0.269. The Balaban J connectivity index is 1.54. The van der Waals surface area contributed by atoms with Crippen molar-refractivity contribution in [1.82, 2.24) is 0 Å². The number of anilines is 1. The molecule has 154 valence electrons. The van der Waals surface area contributed by atoms with Crippen LogP contribution in [0.1, 0.15) is 30.0 Å². The highest BCUT2D eigenvalue weighted by molar-refractivity contribution is 7.98. The van der Waals surface area contributed by atoms with Crippen molar-refractivity contribution in [3.05, 3.63) is 90.0 Å². The van der Waals surface area contributed by atoms with Crippen molar-refractivity contribution in [3.63, 3.8) is 0 Å². The van der Waals surface area contributed by atoms with Crippen LogP contribution in [0, 0.1) is 5.92 Å². The van der Waals surface area contributed by atoms with E-state index in [9.17, 15) is 4.79 Å². The zero-order valence-electron chi connectivity index (χ0n) is 17.5. The molecular formula is C26H27NO2S. The molecule has 0 aromatic heterocycles. The fourth-order valence-corrected chi connectivity index (χ4v) is 4.62. The second-order valence-electron chi connectivity index (χ2n) is 7.61. The molecule has 1 amide bonds. The molecule has 3 nitrogen and oxygen atoms in total. The maximum Gasteiger partial charge on any atom is 0.233 e. The van der Waals surface area contributed by atoms with Crippen LogP contribution in [0.25, 0.3) is 0 Å². The number of hydrogen-bond acceptors (Lipinski definition) is 3. The summed E-state index contributed by atoms with van der Waals surface area (Å²) in [5.41, 5.74) is 3.46. The smallest absolute Gasteiger partial charge is 0.233 e. The van der Waals surface area contributed by atoms with E-state index in [1.807, 2.05) is 23.1 Å². The third-order valence-electron chi connectivity index (χ3n) is 5.85. The number of β-lactam (4-membered cyclic amide) rings is 1. The third-order valence-corrected chi connectivity index (χ3v) is 6.59. The Morgan fingerprint density at radius 1 is 0.933 bits per heavy atom. The van der Waals surface area contributed by atoms with E-state index in [0.717, 1.165) is 36.3 Å². The molecule has 3 aromatic rings. The molecule has 1 aliphatic rings. The molecule has 4 heteroatoms.